The molecule has 0 saturated heterocycles. The summed E-state index contributed by atoms with van der Waals surface area (Å²) in [6.07, 6.45) is 2.49. The van der Waals surface area contributed by atoms with E-state index >= 15 is 0 Å². The van der Waals surface area contributed by atoms with E-state index in [9.17, 15) is 12.8 Å². The quantitative estimate of drug-likeness (QED) is 0.706. The van der Waals surface area contributed by atoms with Crippen molar-refractivity contribution < 1.29 is 12.8 Å². The summed E-state index contributed by atoms with van der Waals surface area (Å²) in [5, 5.41) is 5.43. The van der Waals surface area contributed by atoms with Crippen LogP contribution in [0.1, 0.15) is 39.5 Å². The molecule has 0 atom stereocenters. The van der Waals surface area contributed by atoms with Gasteiger partial charge in [-0.15, -0.1) is 11.3 Å². The largest absolute Gasteiger partial charge is 0.361 e. The number of halogens is 1. The monoisotopic (exact) mass is 412 g/mol. The van der Waals surface area contributed by atoms with Crippen LogP contribution < -0.4 is 11.1 Å². The molecule has 6 nitrogen and oxygen atoms in total. The van der Waals surface area contributed by atoms with Crippen molar-refractivity contribution in [1.29, 1.82) is 0 Å². The predicted octanol–water partition coefficient (Wildman–Crippen LogP) is 3.42. The Morgan fingerprint density at radius 3 is 2.63 bits per heavy atom. The minimum absolute atomic E-state index is 0.351. The number of thiazole rings is 1. The van der Waals surface area contributed by atoms with Crippen molar-refractivity contribution in [2.45, 2.75) is 49.7 Å². The zero-order valence-corrected chi connectivity index (χ0v) is 17.1. The number of nitrogens with two attached hydrogens (primary N) is 1. The maximum atomic E-state index is 13.2. The molecule has 3 N–H and O–H groups in total. The topological polar surface area (TPSA) is 98.0 Å². The van der Waals surface area contributed by atoms with Gasteiger partial charge in [0.05, 0.1) is 10.9 Å². The van der Waals surface area contributed by atoms with Crippen LogP contribution in [0.15, 0.2) is 23.6 Å². The molecule has 2 aromatic heterocycles. The lowest BCUT2D eigenvalue weighted by Crippen LogP contribution is -2.53. The van der Waals surface area contributed by atoms with Crippen molar-refractivity contribution in [3.05, 3.63) is 29.5 Å². The molecule has 1 aliphatic rings. The number of aromatic nitrogens is 2. The molecule has 0 aromatic carbocycles. The van der Waals surface area contributed by atoms with Gasteiger partial charge in [-0.3, -0.25) is 0 Å². The number of sulfone groups is 1. The molecule has 148 valence electrons. The third-order valence-electron chi connectivity index (χ3n) is 5.16. The van der Waals surface area contributed by atoms with E-state index in [2.05, 4.69) is 15.3 Å². The third kappa shape index (κ3) is 4.30. The second-order valence-electron chi connectivity index (χ2n) is 7.37. The minimum atomic E-state index is -3.31. The van der Waals surface area contributed by atoms with Gasteiger partial charge in [-0.2, -0.15) is 4.39 Å². The average Bonchev–Trinajstić information content (AvgIpc) is 3.10. The van der Waals surface area contributed by atoms with Crippen LogP contribution >= 0.6 is 11.3 Å². The molecule has 0 radical (unpaired) electrons. The van der Waals surface area contributed by atoms with E-state index in [1.807, 2.05) is 5.38 Å². The molecule has 0 spiro atoms. The number of hydrogen-bond donors (Lipinski definition) is 2. The van der Waals surface area contributed by atoms with Gasteiger partial charge in [0, 0.05) is 11.9 Å². The first-order valence-corrected chi connectivity index (χ1v) is 11.5. The smallest absolute Gasteiger partial charge is 0.213 e. The second-order valence-corrected chi connectivity index (χ2v) is 11.1. The molecule has 27 heavy (non-hydrogen) atoms. The van der Waals surface area contributed by atoms with Crippen LogP contribution in [0.4, 0.5) is 9.52 Å². The van der Waals surface area contributed by atoms with Crippen molar-refractivity contribution in [2.24, 2.45) is 11.7 Å². The Labute approximate surface area is 163 Å². The maximum Gasteiger partial charge on any atom is 0.213 e. The summed E-state index contributed by atoms with van der Waals surface area (Å²) in [5.41, 5.74) is 7.37. The third-order valence-corrected chi connectivity index (χ3v) is 8.75. The van der Waals surface area contributed by atoms with E-state index < -0.39 is 25.9 Å². The highest BCUT2D eigenvalue weighted by Gasteiger charge is 2.44. The Bertz CT molecular complexity index is 890. The predicted molar refractivity (Wildman–Crippen MR) is 107 cm³/mol. The highest BCUT2D eigenvalue weighted by molar-refractivity contribution is 7.93. The van der Waals surface area contributed by atoms with Crippen LogP contribution in [-0.2, 0) is 9.84 Å². The highest BCUT2D eigenvalue weighted by atomic mass is 32.2. The fraction of sp³-hybridized carbons (Fsp3) is 0.556. The fourth-order valence-electron chi connectivity index (χ4n) is 3.38. The fourth-order valence-corrected chi connectivity index (χ4v) is 5.84. The molecule has 0 amide bonds. The molecule has 2 aromatic rings. The number of nitrogens with zero attached hydrogens (tertiary/aromatic N) is 2. The highest BCUT2D eigenvalue weighted by Crippen LogP contribution is 2.36. The van der Waals surface area contributed by atoms with Crippen LogP contribution in [0.5, 0.6) is 0 Å². The van der Waals surface area contributed by atoms with E-state index in [1.54, 1.807) is 26.0 Å². The summed E-state index contributed by atoms with van der Waals surface area (Å²) in [4.78, 5) is 7.19. The minimum Gasteiger partial charge on any atom is -0.361 e. The standard InChI is InChI=1S/C18H25FN4O2S2/c1-12(2)27(24,25)18(20)8-6-13(7-9-18)10-21-17-23-15(11-26-17)14-4-3-5-16(19)22-14/h3-5,11-13H,6-10,20H2,1-2H3,(H,21,23). The Hall–Kier alpha value is -1.58. The van der Waals surface area contributed by atoms with Crippen LogP contribution in [0.2, 0.25) is 0 Å². The summed E-state index contributed by atoms with van der Waals surface area (Å²) < 4.78 is 38.2. The van der Waals surface area contributed by atoms with Gasteiger partial charge in [0.15, 0.2) is 15.0 Å². The molecule has 2 heterocycles. The van der Waals surface area contributed by atoms with Gasteiger partial charge >= 0.3 is 0 Å². The van der Waals surface area contributed by atoms with Crippen LogP contribution in [0.25, 0.3) is 11.4 Å². The van der Waals surface area contributed by atoms with Crippen LogP contribution in [0.3, 0.4) is 0 Å². The van der Waals surface area contributed by atoms with Gasteiger partial charge in [0.1, 0.15) is 10.6 Å². The van der Waals surface area contributed by atoms with Gasteiger partial charge in [-0.25, -0.2) is 18.4 Å². The summed E-state index contributed by atoms with van der Waals surface area (Å²) in [5.74, 6) is -0.178. The molecule has 1 fully saturated rings. The van der Waals surface area contributed by atoms with E-state index in [4.69, 9.17) is 5.73 Å². The lowest BCUT2D eigenvalue weighted by molar-refractivity contribution is 0.302. The van der Waals surface area contributed by atoms with E-state index in [-0.39, 0.29) is 0 Å². The van der Waals surface area contributed by atoms with E-state index in [1.165, 1.54) is 17.4 Å². The normalized spacial score (nSPS) is 23.5. The average molecular weight is 413 g/mol. The number of hydrogen-bond acceptors (Lipinski definition) is 7. The molecular weight excluding hydrogens is 387 g/mol. The summed E-state index contributed by atoms with van der Waals surface area (Å²) >= 11 is 1.44. The first-order valence-electron chi connectivity index (χ1n) is 9.06. The van der Waals surface area contributed by atoms with Crippen molar-refractivity contribution in [2.75, 3.05) is 11.9 Å². The van der Waals surface area contributed by atoms with Gasteiger partial charge in [-0.05, 0) is 57.6 Å². The lowest BCUT2D eigenvalue weighted by atomic mass is 9.86. The van der Waals surface area contributed by atoms with Crippen molar-refractivity contribution in [1.82, 2.24) is 9.97 Å². The SMILES string of the molecule is CC(C)S(=O)(=O)C1(N)CCC(CNc2nc(-c3cccc(F)n3)cs2)CC1. The number of rotatable bonds is 6. The molecule has 9 heteroatoms. The Kier molecular flexibility index (Phi) is 5.83. The molecular formula is C18H25FN4O2S2. The maximum absolute atomic E-state index is 13.2. The Morgan fingerprint density at radius 2 is 2.00 bits per heavy atom. The van der Waals surface area contributed by atoms with Crippen molar-refractivity contribution in [3.8, 4) is 11.4 Å². The first-order chi connectivity index (χ1) is 12.7. The van der Waals surface area contributed by atoms with Gasteiger partial charge in [0.25, 0.3) is 0 Å². The van der Waals surface area contributed by atoms with Crippen LogP contribution in [-0.4, -0.2) is 35.1 Å². The number of pyridine rings is 1. The van der Waals surface area contributed by atoms with Gasteiger partial charge in [0.2, 0.25) is 5.95 Å². The molecule has 0 aliphatic heterocycles. The zero-order valence-electron chi connectivity index (χ0n) is 15.5. The molecule has 3 rings (SSSR count). The molecule has 1 aliphatic carbocycles. The summed E-state index contributed by atoms with van der Waals surface area (Å²) in [7, 11) is -3.31. The number of anilines is 1. The van der Waals surface area contributed by atoms with Crippen molar-refractivity contribution in [3.63, 3.8) is 0 Å². The molecule has 0 unspecified atom stereocenters. The van der Waals surface area contributed by atoms with Gasteiger partial charge < -0.3 is 11.1 Å². The van der Waals surface area contributed by atoms with Crippen molar-refractivity contribution >= 4 is 26.3 Å². The first kappa shape index (κ1) is 20.2. The molecule has 1 saturated carbocycles. The second kappa shape index (κ2) is 7.81. The Morgan fingerprint density at radius 1 is 1.30 bits per heavy atom. The van der Waals surface area contributed by atoms with Gasteiger partial charge in [-0.1, -0.05) is 6.07 Å². The van der Waals surface area contributed by atoms with Crippen LogP contribution in [0, 0.1) is 11.9 Å². The molecule has 0 bridgehead atoms. The summed E-state index contributed by atoms with van der Waals surface area (Å²) in [6, 6.07) is 4.63. The zero-order chi connectivity index (χ0) is 19.7. The van der Waals surface area contributed by atoms with E-state index in [0.717, 1.165) is 18.0 Å². The lowest BCUT2D eigenvalue weighted by Gasteiger charge is -2.37. The number of nitrogens with one attached hydrogen (secondary N) is 1. The summed E-state index contributed by atoms with van der Waals surface area (Å²) in [6.45, 7) is 4.08. The Balaban J connectivity index is 1.55. The van der Waals surface area contributed by atoms with E-state index in [0.29, 0.717) is 36.7 Å².